The summed E-state index contributed by atoms with van der Waals surface area (Å²) in [5, 5.41) is 0. The smallest absolute Gasteiger partial charge is 0.308 e. The van der Waals surface area contributed by atoms with Crippen LogP contribution in [0.25, 0.3) is 0 Å². The standard InChI is InChI=1S/C25H43NO4S/c1-5-8-9-10-11-12-13-14-15-16-25(27)26(22(4)6-2)21-23-17-19-24(20-18-23)30-31(28,29)7-3/h17-20,22H,5-16,21H2,1-4H3/t22-/m1/s1. The van der Waals surface area contributed by atoms with Crippen LogP contribution in [0.2, 0.25) is 0 Å². The largest absolute Gasteiger partial charge is 0.382 e. The lowest BCUT2D eigenvalue weighted by Crippen LogP contribution is -2.37. The Kier molecular flexibility index (Phi) is 13.5. The second kappa shape index (κ2) is 15.3. The first-order valence-electron chi connectivity index (χ1n) is 12.1. The molecule has 0 radical (unpaired) electrons. The molecule has 0 aliphatic rings. The number of carbonyl (C=O) groups is 1. The van der Waals surface area contributed by atoms with Crippen LogP contribution in [0, 0.1) is 0 Å². The van der Waals surface area contributed by atoms with E-state index in [-0.39, 0.29) is 17.7 Å². The van der Waals surface area contributed by atoms with E-state index in [0.717, 1.165) is 24.8 Å². The van der Waals surface area contributed by atoms with Crippen molar-refractivity contribution in [2.45, 2.75) is 111 Å². The van der Waals surface area contributed by atoms with Gasteiger partial charge < -0.3 is 9.08 Å². The third kappa shape index (κ3) is 11.6. The summed E-state index contributed by atoms with van der Waals surface area (Å²) in [7, 11) is -3.53. The Labute approximate surface area is 190 Å². The summed E-state index contributed by atoms with van der Waals surface area (Å²) < 4.78 is 28.2. The molecule has 31 heavy (non-hydrogen) atoms. The number of unbranched alkanes of at least 4 members (excludes halogenated alkanes) is 8. The van der Waals surface area contributed by atoms with Crippen LogP contribution in [-0.2, 0) is 21.5 Å². The molecule has 178 valence electrons. The molecule has 0 aromatic heterocycles. The molecule has 0 spiro atoms. The Morgan fingerprint density at radius 3 is 1.97 bits per heavy atom. The SMILES string of the molecule is CCCCCCCCCCCC(=O)N(Cc1ccc(OS(=O)(=O)CC)cc1)[C@H](C)CC. The Hall–Kier alpha value is -1.56. The fraction of sp³-hybridized carbons (Fsp3) is 0.720. The van der Waals surface area contributed by atoms with Gasteiger partial charge in [0.2, 0.25) is 5.91 Å². The summed E-state index contributed by atoms with van der Waals surface area (Å²) >= 11 is 0. The van der Waals surface area contributed by atoms with E-state index in [9.17, 15) is 13.2 Å². The summed E-state index contributed by atoms with van der Waals surface area (Å²) in [4.78, 5) is 14.8. The lowest BCUT2D eigenvalue weighted by molar-refractivity contribution is -0.134. The first-order chi connectivity index (χ1) is 14.8. The lowest BCUT2D eigenvalue weighted by Gasteiger charge is -2.29. The van der Waals surface area contributed by atoms with Gasteiger partial charge in [0.05, 0.1) is 5.75 Å². The molecule has 0 aliphatic heterocycles. The Morgan fingerprint density at radius 1 is 0.903 bits per heavy atom. The van der Waals surface area contributed by atoms with Crippen LogP contribution >= 0.6 is 0 Å². The van der Waals surface area contributed by atoms with Gasteiger partial charge in [-0.2, -0.15) is 8.42 Å². The zero-order valence-corrected chi connectivity index (χ0v) is 20.9. The minimum atomic E-state index is -3.53. The van der Waals surface area contributed by atoms with E-state index in [1.807, 2.05) is 17.0 Å². The summed E-state index contributed by atoms with van der Waals surface area (Å²) in [5.41, 5.74) is 0.974. The molecular formula is C25H43NO4S. The van der Waals surface area contributed by atoms with Crippen molar-refractivity contribution in [1.29, 1.82) is 0 Å². The Balaban J connectivity index is 2.49. The van der Waals surface area contributed by atoms with Crippen molar-refractivity contribution in [2.75, 3.05) is 5.75 Å². The Morgan fingerprint density at radius 2 is 1.45 bits per heavy atom. The molecule has 1 rings (SSSR count). The van der Waals surface area contributed by atoms with Gasteiger partial charge in [-0.05, 0) is 44.4 Å². The average Bonchev–Trinajstić information content (AvgIpc) is 2.76. The predicted octanol–water partition coefficient (Wildman–Crippen LogP) is 6.46. The predicted molar refractivity (Wildman–Crippen MR) is 129 cm³/mol. The third-order valence-corrected chi connectivity index (χ3v) is 6.94. The molecule has 0 aliphatic carbocycles. The highest BCUT2D eigenvalue weighted by Crippen LogP contribution is 2.19. The first kappa shape index (κ1) is 27.5. The summed E-state index contributed by atoms with van der Waals surface area (Å²) in [6, 6.07) is 7.15. The lowest BCUT2D eigenvalue weighted by atomic mass is 10.1. The second-order valence-electron chi connectivity index (χ2n) is 8.43. The van der Waals surface area contributed by atoms with Gasteiger partial charge in [-0.1, -0.05) is 77.3 Å². The monoisotopic (exact) mass is 453 g/mol. The fourth-order valence-electron chi connectivity index (χ4n) is 3.49. The zero-order chi connectivity index (χ0) is 23.1. The number of hydrogen-bond donors (Lipinski definition) is 0. The Bertz CT molecular complexity index is 716. The van der Waals surface area contributed by atoms with Crippen LogP contribution in [0.1, 0.15) is 104 Å². The van der Waals surface area contributed by atoms with Crippen LogP contribution < -0.4 is 4.18 Å². The van der Waals surface area contributed by atoms with Gasteiger partial charge >= 0.3 is 10.1 Å². The maximum atomic E-state index is 12.9. The molecule has 1 atom stereocenters. The number of amides is 1. The molecule has 6 heteroatoms. The van der Waals surface area contributed by atoms with Gasteiger partial charge in [0, 0.05) is 19.0 Å². The van der Waals surface area contributed by atoms with E-state index >= 15 is 0 Å². The van der Waals surface area contributed by atoms with Gasteiger partial charge in [-0.3, -0.25) is 4.79 Å². The minimum absolute atomic E-state index is 0.0656. The minimum Gasteiger partial charge on any atom is -0.382 e. The summed E-state index contributed by atoms with van der Waals surface area (Å²) in [6.07, 6.45) is 12.7. The molecule has 0 N–H and O–H groups in total. The number of carbonyl (C=O) groups excluding carboxylic acids is 1. The van der Waals surface area contributed by atoms with Crippen LogP contribution in [-0.4, -0.2) is 31.0 Å². The number of nitrogens with zero attached hydrogens (tertiary/aromatic N) is 1. The second-order valence-corrected chi connectivity index (χ2v) is 10.3. The van der Waals surface area contributed by atoms with Gasteiger partial charge in [0.1, 0.15) is 5.75 Å². The molecule has 1 amide bonds. The first-order valence-corrected chi connectivity index (χ1v) is 13.7. The molecule has 0 fully saturated rings. The topological polar surface area (TPSA) is 63.7 Å². The van der Waals surface area contributed by atoms with Crippen molar-refractivity contribution < 1.29 is 17.4 Å². The van der Waals surface area contributed by atoms with E-state index in [0.29, 0.717) is 18.7 Å². The van der Waals surface area contributed by atoms with Crippen LogP contribution in [0.5, 0.6) is 5.75 Å². The highest BCUT2D eigenvalue weighted by molar-refractivity contribution is 7.87. The van der Waals surface area contributed by atoms with E-state index in [1.165, 1.54) is 44.9 Å². The van der Waals surface area contributed by atoms with Crippen molar-refractivity contribution >= 4 is 16.0 Å². The molecule has 0 unspecified atom stereocenters. The third-order valence-electron chi connectivity index (χ3n) is 5.79. The van der Waals surface area contributed by atoms with Crippen LogP contribution in [0.3, 0.4) is 0 Å². The van der Waals surface area contributed by atoms with E-state index in [4.69, 9.17) is 4.18 Å². The van der Waals surface area contributed by atoms with Crippen LogP contribution in [0.15, 0.2) is 24.3 Å². The average molecular weight is 454 g/mol. The zero-order valence-electron chi connectivity index (χ0n) is 20.1. The van der Waals surface area contributed by atoms with Gasteiger partial charge in [0.25, 0.3) is 0 Å². The molecule has 0 saturated heterocycles. The quantitative estimate of drug-likeness (QED) is 0.200. The van der Waals surface area contributed by atoms with E-state index in [1.54, 1.807) is 19.1 Å². The molecule has 0 saturated carbocycles. The summed E-state index contributed by atoms with van der Waals surface area (Å²) in [6.45, 7) is 8.50. The van der Waals surface area contributed by atoms with E-state index < -0.39 is 10.1 Å². The molecule has 0 bridgehead atoms. The number of benzene rings is 1. The van der Waals surface area contributed by atoms with Crippen LogP contribution in [0.4, 0.5) is 0 Å². The fourth-order valence-corrected chi connectivity index (χ4v) is 4.02. The van der Waals surface area contributed by atoms with Gasteiger partial charge in [-0.15, -0.1) is 0 Å². The maximum absolute atomic E-state index is 12.9. The van der Waals surface area contributed by atoms with E-state index in [2.05, 4.69) is 20.8 Å². The van der Waals surface area contributed by atoms with Gasteiger partial charge in [0.15, 0.2) is 0 Å². The normalized spacial score (nSPS) is 12.5. The molecule has 5 nitrogen and oxygen atoms in total. The van der Waals surface area contributed by atoms with Gasteiger partial charge in [-0.25, -0.2) is 0 Å². The van der Waals surface area contributed by atoms with Crippen molar-refractivity contribution in [2.24, 2.45) is 0 Å². The van der Waals surface area contributed by atoms with Crippen molar-refractivity contribution in [1.82, 2.24) is 4.90 Å². The molecule has 1 aromatic rings. The number of hydrogen-bond acceptors (Lipinski definition) is 4. The van der Waals surface area contributed by atoms with Crippen molar-refractivity contribution in [3.63, 3.8) is 0 Å². The molecular weight excluding hydrogens is 410 g/mol. The summed E-state index contributed by atoms with van der Waals surface area (Å²) in [5.74, 6) is 0.442. The molecule has 1 aromatic carbocycles. The molecule has 0 heterocycles. The highest BCUT2D eigenvalue weighted by Gasteiger charge is 2.19. The van der Waals surface area contributed by atoms with Crippen molar-refractivity contribution in [3.8, 4) is 5.75 Å². The highest BCUT2D eigenvalue weighted by atomic mass is 32.2. The maximum Gasteiger partial charge on any atom is 0.308 e. The van der Waals surface area contributed by atoms with Crippen molar-refractivity contribution in [3.05, 3.63) is 29.8 Å². The number of rotatable bonds is 17.